The molecule has 1 aromatic rings. The second kappa shape index (κ2) is 7.81. The number of ether oxygens (including phenoxy) is 1. The van der Waals surface area contributed by atoms with E-state index in [9.17, 15) is 9.59 Å². The van der Waals surface area contributed by atoms with Crippen LogP contribution in [0.15, 0.2) is 18.2 Å². The average Bonchev–Trinajstić information content (AvgIpc) is 2.51. The molecule has 0 saturated carbocycles. The fourth-order valence-corrected chi connectivity index (χ4v) is 2.62. The number of benzene rings is 1. The van der Waals surface area contributed by atoms with Gasteiger partial charge in [-0.3, -0.25) is 9.59 Å². The van der Waals surface area contributed by atoms with Crippen molar-refractivity contribution in [2.24, 2.45) is 5.92 Å². The van der Waals surface area contributed by atoms with Crippen molar-refractivity contribution in [1.29, 1.82) is 0 Å². The maximum absolute atomic E-state index is 12.2. The first kappa shape index (κ1) is 17.1. The first-order valence-corrected chi connectivity index (χ1v) is 7.80. The topological polar surface area (TPSA) is 58.6 Å². The maximum atomic E-state index is 12.2. The van der Waals surface area contributed by atoms with Gasteiger partial charge in [0.15, 0.2) is 0 Å². The first-order valence-electron chi connectivity index (χ1n) is 7.05. The number of halogens is 2. The number of carbonyl (C=O) groups excluding carboxylic acids is 2. The summed E-state index contributed by atoms with van der Waals surface area (Å²) in [6.07, 6.45) is 1.41. The van der Waals surface area contributed by atoms with E-state index in [-0.39, 0.29) is 24.3 Å². The highest BCUT2D eigenvalue weighted by molar-refractivity contribution is 6.42. The Morgan fingerprint density at radius 1 is 1.27 bits per heavy atom. The molecule has 0 bridgehead atoms. The van der Waals surface area contributed by atoms with Crippen LogP contribution in [0.3, 0.4) is 0 Å². The van der Waals surface area contributed by atoms with Gasteiger partial charge in [-0.25, -0.2) is 0 Å². The van der Waals surface area contributed by atoms with Crippen LogP contribution in [0.1, 0.15) is 12.8 Å². The lowest BCUT2D eigenvalue weighted by atomic mass is 9.99. The molecule has 2 rings (SSSR count). The SMILES string of the molecule is CN(CC(=O)Nc1ccc(Cl)c(Cl)c1)C(=O)C1CCOCC1. The van der Waals surface area contributed by atoms with Crippen molar-refractivity contribution in [2.45, 2.75) is 12.8 Å². The van der Waals surface area contributed by atoms with Crippen molar-refractivity contribution < 1.29 is 14.3 Å². The third-order valence-corrected chi connectivity index (χ3v) is 4.27. The number of anilines is 1. The van der Waals surface area contributed by atoms with Crippen molar-refractivity contribution in [3.8, 4) is 0 Å². The number of nitrogens with one attached hydrogen (secondary N) is 1. The molecule has 1 aliphatic heterocycles. The van der Waals surface area contributed by atoms with Crippen molar-refractivity contribution in [3.63, 3.8) is 0 Å². The minimum Gasteiger partial charge on any atom is -0.381 e. The number of rotatable bonds is 4. The highest BCUT2D eigenvalue weighted by Gasteiger charge is 2.25. The third kappa shape index (κ3) is 4.60. The van der Waals surface area contributed by atoms with Crippen LogP contribution in [-0.2, 0) is 14.3 Å². The molecule has 2 amide bonds. The average molecular weight is 345 g/mol. The number of hydrogen-bond acceptors (Lipinski definition) is 3. The Morgan fingerprint density at radius 2 is 1.95 bits per heavy atom. The predicted molar refractivity (Wildman–Crippen MR) is 86.3 cm³/mol. The summed E-state index contributed by atoms with van der Waals surface area (Å²) < 4.78 is 5.24. The van der Waals surface area contributed by atoms with E-state index in [1.807, 2.05) is 0 Å². The van der Waals surface area contributed by atoms with E-state index < -0.39 is 0 Å². The van der Waals surface area contributed by atoms with Crippen LogP contribution < -0.4 is 5.32 Å². The second-order valence-corrected chi connectivity index (χ2v) is 6.07. The molecule has 0 unspecified atom stereocenters. The number of hydrogen-bond donors (Lipinski definition) is 1. The lowest BCUT2D eigenvalue weighted by Gasteiger charge is -2.26. The molecule has 1 fully saturated rings. The van der Waals surface area contributed by atoms with Crippen LogP contribution in [0.4, 0.5) is 5.69 Å². The molecule has 1 heterocycles. The molecule has 0 spiro atoms. The van der Waals surface area contributed by atoms with E-state index in [1.54, 1.807) is 25.2 Å². The Bertz CT molecular complexity index is 560. The summed E-state index contributed by atoms with van der Waals surface area (Å²) in [5.41, 5.74) is 0.548. The summed E-state index contributed by atoms with van der Waals surface area (Å²) in [5, 5.41) is 3.49. The molecule has 1 N–H and O–H groups in total. The molecule has 120 valence electrons. The first-order chi connectivity index (χ1) is 10.5. The van der Waals surface area contributed by atoms with E-state index in [4.69, 9.17) is 27.9 Å². The summed E-state index contributed by atoms with van der Waals surface area (Å²) in [6.45, 7) is 1.19. The summed E-state index contributed by atoms with van der Waals surface area (Å²) in [6, 6.07) is 4.84. The summed E-state index contributed by atoms with van der Waals surface area (Å²) >= 11 is 11.7. The van der Waals surface area contributed by atoms with Gasteiger partial charge in [0, 0.05) is 31.9 Å². The van der Waals surface area contributed by atoms with E-state index in [1.165, 1.54) is 4.90 Å². The Kier molecular flexibility index (Phi) is 6.06. The van der Waals surface area contributed by atoms with Gasteiger partial charge in [0.2, 0.25) is 11.8 Å². The molecule has 1 saturated heterocycles. The van der Waals surface area contributed by atoms with E-state index in [0.717, 1.165) is 0 Å². The van der Waals surface area contributed by atoms with E-state index in [2.05, 4.69) is 5.32 Å². The van der Waals surface area contributed by atoms with Gasteiger partial charge in [-0.15, -0.1) is 0 Å². The quantitative estimate of drug-likeness (QED) is 0.913. The van der Waals surface area contributed by atoms with Crippen molar-refractivity contribution >= 4 is 40.7 Å². The van der Waals surface area contributed by atoms with E-state index >= 15 is 0 Å². The summed E-state index contributed by atoms with van der Waals surface area (Å²) in [7, 11) is 1.63. The van der Waals surface area contributed by atoms with Crippen LogP contribution in [0, 0.1) is 5.92 Å². The molecule has 0 atom stereocenters. The summed E-state index contributed by atoms with van der Waals surface area (Å²) in [5.74, 6) is -0.356. The van der Waals surface area contributed by atoms with E-state index in [0.29, 0.717) is 41.8 Å². The maximum Gasteiger partial charge on any atom is 0.243 e. The number of carbonyl (C=O) groups is 2. The fourth-order valence-electron chi connectivity index (χ4n) is 2.32. The molecule has 0 aromatic heterocycles. The summed E-state index contributed by atoms with van der Waals surface area (Å²) in [4.78, 5) is 25.7. The van der Waals surface area contributed by atoms with Gasteiger partial charge in [-0.2, -0.15) is 0 Å². The molecular formula is C15H18Cl2N2O3. The van der Waals surface area contributed by atoms with Crippen LogP contribution in [-0.4, -0.2) is 43.5 Å². The smallest absolute Gasteiger partial charge is 0.243 e. The molecule has 22 heavy (non-hydrogen) atoms. The minimum absolute atomic E-state index is 0.00354. The highest BCUT2D eigenvalue weighted by Crippen LogP contribution is 2.25. The standard InChI is InChI=1S/C15H18Cl2N2O3/c1-19(15(21)10-4-6-22-7-5-10)9-14(20)18-11-2-3-12(16)13(17)8-11/h2-3,8,10H,4-7,9H2,1H3,(H,18,20). The Morgan fingerprint density at radius 3 is 2.59 bits per heavy atom. The molecule has 7 heteroatoms. The third-order valence-electron chi connectivity index (χ3n) is 3.53. The van der Waals surface area contributed by atoms with Crippen LogP contribution >= 0.6 is 23.2 Å². The molecule has 1 aromatic carbocycles. The Labute approximate surface area is 139 Å². The van der Waals surface area contributed by atoms with Gasteiger partial charge >= 0.3 is 0 Å². The number of likely N-dealkylation sites (N-methyl/N-ethyl adjacent to an activating group) is 1. The van der Waals surface area contributed by atoms with Gasteiger partial charge in [0.1, 0.15) is 0 Å². The molecule has 0 aliphatic carbocycles. The zero-order chi connectivity index (χ0) is 16.1. The fraction of sp³-hybridized carbons (Fsp3) is 0.467. The van der Waals surface area contributed by atoms with Gasteiger partial charge in [-0.05, 0) is 31.0 Å². The van der Waals surface area contributed by atoms with Crippen LogP contribution in [0.5, 0.6) is 0 Å². The zero-order valence-electron chi connectivity index (χ0n) is 12.3. The Hall–Kier alpha value is -1.30. The second-order valence-electron chi connectivity index (χ2n) is 5.26. The lowest BCUT2D eigenvalue weighted by Crippen LogP contribution is -2.40. The van der Waals surface area contributed by atoms with Crippen molar-refractivity contribution in [1.82, 2.24) is 4.90 Å². The van der Waals surface area contributed by atoms with Gasteiger partial charge in [0.25, 0.3) is 0 Å². The monoisotopic (exact) mass is 344 g/mol. The largest absolute Gasteiger partial charge is 0.381 e. The predicted octanol–water partition coefficient (Wildman–Crippen LogP) is 2.82. The normalized spacial score (nSPS) is 15.4. The number of amides is 2. The van der Waals surface area contributed by atoms with Crippen molar-refractivity contribution in [3.05, 3.63) is 28.2 Å². The zero-order valence-corrected chi connectivity index (χ0v) is 13.8. The molecule has 5 nitrogen and oxygen atoms in total. The van der Waals surface area contributed by atoms with Gasteiger partial charge in [0.05, 0.1) is 16.6 Å². The lowest BCUT2D eigenvalue weighted by molar-refractivity contribution is -0.139. The molecule has 1 aliphatic rings. The molecular weight excluding hydrogens is 327 g/mol. The van der Waals surface area contributed by atoms with Gasteiger partial charge < -0.3 is 15.0 Å². The van der Waals surface area contributed by atoms with Crippen LogP contribution in [0.2, 0.25) is 10.0 Å². The Balaban J connectivity index is 1.87. The van der Waals surface area contributed by atoms with Gasteiger partial charge in [-0.1, -0.05) is 23.2 Å². The van der Waals surface area contributed by atoms with Crippen LogP contribution in [0.25, 0.3) is 0 Å². The minimum atomic E-state index is -0.277. The molecule has 0 radical (unpaired) electrons. The number of nitrogens with zero attached hydrogens (tertiary/aromatic N) is 1. The highest BCUT2D eigenvalue weighted by atomic mass is 35.5. The van der Waals surface area contributed by atoms with Crippen molar-refractivity contribution in [2.75, 3.05) is 32.1 Å².